The smallest absolute Gasteiger partial charge is 0.295 e. The summed E-state index contributed by atoms with van der Waals surface area (Å²) in [5, 5.41) is 21.7. The Hall–Kier alpha value is -3.77. The monoisotopic (exact) mass is 512 g/mol. The van der Waals surface area contributed by atoms with E-state index in [4.69, 9.17) is 10.5 Å². The fraction of sp³-hybridized carbons (Fsp3) is 0.480. The molecule has 1 aliphatic heterocycles. The average molecular weight is 512 g/mol. The number of primary amides is 1. The Morgan fingerprint density at radius 3 is 2.35 bits per heavy atom. The Kier molecular flexibility index (Phi) is 5.83. The van der Waals surface area contributed by atoms with Gasteiger partial charge in [0, 0.05) is 31.0 Å². The molecule has 3 aliphatic carbocycles. The summed E-state index contributed by atoms with van der Waals surface area (Å²) >= 11 is 0. The van der Waals surface area contributed by atoms with Gasteiger partial charge in [0.15, 0.2) is 34.7 Å². The molecule has 1 aromatic carbocycles. The highest BCUT2D eigenvalue weighted by Gasteiger charge is 2.66. The second kappa shape index (κ2) is 8.67. The third kappa shape index (κ3) is 3.54. The summed E-state index contributed by atoms with van der Waals surface area (Å²) in [5.74, 6) is -13.2. The van der Waals surface area contributed by atoms with Crippen molar-refractivity contribution in [2.75, 3.05) is 26.3 Å². The molecule has 1 aromatic rings. The van der Waals surface area contributed by atoms with E-state index in [1.165, 1.54) is 11.0 Å². The van der Waals surface area contributed by atoms with E-state index in [1.54, 1.807) is 0 Å². The number of Topliss-reactive ketones (excluding diaryl/α,β-unsaturated/α-hetero) is 5. The number of fused-ring (bicyclic) bond motifs is 3. The number of phenolic OH excluding ortho intramolecular Hbond substituents is 1. The van der Waals surface area contributed by atoms with E-state index in [9.17, 15) is 43.8 Å². The van der Waals surface area contributed by atoms with Crippen molar-refractivity contribution < 1.29 is 48.5 Å². The summed E-state index contributed by atoms with van der Waals surface area (Å²) in [5.41, 5.74) is 2.09. The van der Waals surface area contributed by atoms with Crippen molar-refractivity contribution in [1.82, 2.24) is 4.90 Å². The number of benzene rings is 1. The maximum atomic E-state index is 13.5. The first kappa shape index (κ1) is 24.9. The van der Waals surface area contributed by atoms with Gasteiger partial charge in [0.1, 0.15) is 5.75 Å². The van der Waals surface area contributed by atoms with Crippen molar-refractivity contribution in [2.24, 2.45) is 29.4 Å². The molecule has 2 saturated carbocycles. The van der Waals surface area contributed by atoms with E-state index in [1.807, 2.05) is 0 Å². The number of nitrogens with zero attached hydrogens (tertiary/aromatic N) is 1. The first-order valence-corrected chi connectivity index (χ1v) is 11.9. The summed E-state index contributed by atoms with van der Waals surface area (Å²) < 4.78 is 5.20. The van der Waals surface area contributed by atoms with Gasteiger partial charge in [0.2, 0.25) is 5.91 Å². The van der Waals surface area contributed by atoms with Gasteiger partial charge in [-0.2, -0.15) is 0 Å². The van der Waals surface area contributed by atoms with Crippen molar-refractivity contribution in [2.45, 2.75) is 24.9 Å². The van der Waals surface area contributed by atoms with E-state index in [-0.39, 0.29) is 55.8 Å². The van der Waals surface area contributed by atoms with E-state index in [0.29, 0.717) is 0 Å². The first-order valence-electron chi connectivity index (χ1n) is 11.9. The predicted octanol–water partition coefficient (Wildman–Crippen LogP) is -1.63. The minimum absolute atomic E-state index is 0.0858. The molecular weight excluding hydrogens is 488 g/mol. The van der Waals surface area contributed by atoms with Crippen LogP contribution in [0.2, 0.25) is 0 Å². The van der Waals surface area contributed by atoms with Crippen LogP contribution in [0.1, 0.15) is 39.1 Å². The maximum Gasteiger partial charge on any atom is 0.295 e. The molecular formula is C25H24N2O10. The number of aromatic hydroxyl groups is 1. The quantitative estimate of drug-likeness (QED) is 0.240. The number of ether oxygens (including phenoxy) is 1. The number of hydrogen-bond donors (Lipinski definition) is 3. The van der Waals surface area contributed by atoms with Gasteiger partial charge in [0.05, 0.1) is 24.7 Å². The fourth-order valence-corrected chi connectivity index (χ4v) is 6.21. The van der Waals surface area contributed by atoms with Gasteiger partial charge in [0.25, 0.3) is 11.7 Å². The van der Waals surface area contributed by atoms with Crippen LogP contribution in [-0.4, -0.2) is 87.7 Å². The molecule has 2 amide bonds. The molecule has 12 heteroatoms. The SMILES string of the molecule is NC(=O)C1C(=O)C[C@@H]2C[C@@H]3Cc4c(C(=O)C(=O)N5CCOCC5)ccc(O)c4C(=O)C3C(=O)[C@]2(O)C1=O. The molecule has 4 N–H and O–H groups in total. The van der Waals surface area contributed by atoms with Crippen LogP contribution in [-0.2, 0) is 35.1 Å². The van der Waals surface area contributed by atoms with Gasteiger partial charge in [-0.25, -0.2) is 0 Å². The fourth-order valence-electron chi connectivity index (χ4n) is 6.21. The van der Waals surface area contributed by atoms with E-state index < -0.39 is 82.2 Å². The molecule has 3 fully saturated rings. The topological polar surface area (TPSA) is 198 Å². The van der Waals surface area contributed by atoms with Gasteiger partial charge in [-0.15, -0.1) is 0 Å². The Morgan fingerprint density at radius 1 is 1.03 bits per heavy atom. The highest BCUT2D eigenvalue weighted by Crippen LogP contribution is 2.50. The van der Waals surface area contributed by atoms with Crippen LogP contribution in [0.25, 0.3) is 0 Å². The zero-order chi connectivity index (χ0) is 26.8. The summed E-state index contributed by atoms with van der Waals surface area (Å²) in [7, 11) is 0. The molecule has 1 heterocycles. The van der Waals surface area contributed by atoms with Crippen molar-refractivity contribution in [1.29, 1.82) is 0 Å². The highest BCUT2D eigenvalue weighted by atomic mass is 16.5. The number of aliphatic hydroxyl groups is 1. The first-order chi connectivity index (χ1) is 17.5. The summed E-state index contributed by atoms with van der Waals surface area (Å²) in [6, 6.07) is 2.32. The summed E-state index contributed by atoms with van der Waals surface area (Å²) in [4.78, 5) is 91.5. The number of amides is 2. The molecule has 37 heavy (non-hydrogen) atoms. The number of carbonyl (C=O) groups excluding carboxylic acids is 7. The summed E-state index contributed by atoms with van der Waals surface area (Å²) in [6.07, 6.45) is -0.660. The molecule has 1 saturated heterocycles. The standard InChI is InChI=1S/C25H24N2O10/c26-23(34)18-15(29)9-11-7-10-8-13-12(19(30)24(35)27-3-5-37-6-4-27)1-2-14(28)17(13)20(31)16(10)21(32)25(11,36)22(18)33/h1-2,10-11,16,18,28,36H,3-9H2,(H2,26,34)/t10-,11+,16?,18?,25+/m1/s1. The van der Waals surface area contributed by atoms with Gasteiger partial charge in [-0.05, 0) is 36.5 Å². The zero-order valence-electron chi connectivity index (χ0n) is 19.6. The minimum atomic E-state index is -2.75. The number of morpholine rings is 1. The maximum absolute atomic E-state index is 13.5. The zero-order valence-corrected chi connectivity index (χ0v) is 19.6. The van der Waals surface area contributed by atoms with Gasteiger partial charge in [-0.3, -0.25) is 33.6 Å². The lowest BCUT2D eigenvalue weighted by molar-refractivity contribution is -0.175. The molecule has 4 aliphatic rings. The predicted molar refractivity (Wildman–Crippen MR) is 120 cm³/mol. The molecule has 12 nitrogen and oxygen atoms in total. The van der Waals surface area contributed by atoms with Crippen LogP contribution < -0.4 is 5.73 Å². The molecule has 194 valence electrons. The molecule has 5 rings (SSSR count). The van der Waals surface area contributed by atoms with E-state index in [0.717, 1.165) is 6.07 Å². The number of phenols is 1. The van der Waals surface area contributed by atoms with E-state index in [2.05, 4.69) is 0 Å². The van der Waals surface area contributed by atoms with Crippen LogP contribution in [0.5, 0.6) is 5.75 Å². The van der Waals surface area contributed by atoms with E-state index >= 15 is 0 Å². The Morgan fingerprint density at radius 2 is 1.70 bits per heavy atom. The van der Waals surface area contributed by atoms with Gasteiger partial charge < -0.3 is 25.6 Å². The van der Waals surface area contributed by atoms with Crippen LogP contribution in [0, 0.1) is 23.7 Å². The second-order valence-electron chi connectivity index (χ2n) is 9.96. The molecule has 0 spiro atoms. The lowest BCUT2D eigenvalue weighted by atomic mass is 9.53. The summed E-state index contributed by atoms with van der Waals surface area (Å²) in [6.45, 7) is 0.986. The van der Waals surface area contributed by atoms with Crippen molar-refractivity contribution >= 4 is 40.7 Å². The third-order valence-electron chi connectivity index (χ3n) is 8.02. The van der Waals surface area contributed by atoms with Crippen molar-refractivity contribution in [3.05, 3.63) is 28.8 Å². The highest BCUT2D eigenvalue weighted by molar-refractivity contribution is 6.43. The Balaban J connectivity index is 1.54. The number of nitrogens with two attached hydrogens (primary N) is 1. The Labute approximate surface area is 209 Å². The lowest BCUT2D eigenvalue weighted by Crippen LogP contribution is -2.68. The molecule has 5 atom stereocenters. The van der Waals surface area contributed by atoms with Crippen molar-refractivity contribution in [3.8, 4) is 5.75 Å². The second-order valence-corrected chi connectivity index (χ2v) is 9.96. The van der Waals surface area contributed by atoms with Crippen LogP contribution in [0.4, 0.5) is 0 Å². The molecule has 0 aromatic heterocycles. The molecule has 0 radical (unpaired) electrons. The number of hydrogen-bond acceptors (Lipinski definition) is 10. The number of rotatable bonds is 3. The number of carbonyl (C=O) groups is 7. The van der Waals surface area contributed by atoms with Crippen LogP contribution in [0.3, 0.4) is 0 Å². The van der Waals surface area contributed by atoms with Gasteiger partial charge in [-0.1, -0.05) is 0 Å². The van der Waals surface area contributed by atoms with Gasteiger partial charge >= 0.3 is 0 Å². The largest absolute Gasteiger partial charge is 0.507 e. The van der Waals surface area contributed by atoms with Crippen LogP contribution >= 0.6 is 0 Å². The lowest BCUT2D eigenvalue weighted by Gasteiger charge is -2.48. The van der Waals surface area contributed by atoms with Crippen LogP contribution in [0.15, 0.2) is 12.1 Å². The molecule has 2 unspecified atom stereocenters. The normalized spacial score (nSPS) is 31.3. The van der Waals surface area contributed by atoms with Crippen molar-refractivity contribution in [3.63, 3.8) is 0 Å². The minimum Gasteiger partial charge on any atom is -0.507 e. The number of ketones is 5. The average Bonchev–Trinajstić information content (AvgIpc) is 2.86. The Bertz CT molecular complexity index is 1300. The third-order valence-corrected chi connectivity index (χ3v) is 8.02. The molecule has 0 bridgehead atoms.